The molecular formula is C20H18ClN5O2. The van der Waals surface area contributed by atoms with Crippen molar-refractivity contribution in [2.75, 3.05) is 12.4 Å². The van der Waals surface area contributed by atoms with E-state index in [4.69, 9.17) is 16.3 Å². The van der Waals surface area contributed by atoms with Gasteiger partial charge in [0.25, 0.3) is 5.91 Å². The molecule has 4 aromatic rings. The van der Waals surface area contributed by atoms with Crippen LogP contribution < -0.4 is 5.32 Å². The first-order valence-corrected chi connectivity index (χ1v) is 9.00. The minimum absolute atomic E-state index is 0.192. The Balaban J connectivity index is 1.52. The second-order valence-corrected chi connectivity index (χ2v) is 6.80. The number of aryl methyl sites for hydroxylation is 1. The maximum Gasteiger partial charge on any atom is 0.272 e. The molecule has 0 unspecified atom stereocenters. The molecule has 142 valence electrons. The number of halogens is 1. The van der Waals surface area contributed by atoms with E-state index in [1.165, 1.54) is 0 Å². The van der Waals surface area contributed by atoms with E-state index in [-0.39, 0.29) is 5.91 Å². The first kappa shape index (κ1) is 18.2. The number of benzene rings is 2. The molecule has 2 N–H and O–H groups in total. The fourth-order valence-corrected chi connectivity index (χ4v) is 3.24. The Hall–Kier alpha value is -3.16. The smallest absolute Gasteiger partial charge is 0.272 e. The number of aromatic amines is 1. The number of nitrogens with one attached hydrogen (secondary N) is 2. The van der Waals surface area contributed by atoms with Crippen molar-refractivity contribution in [2.24, 2.45) is 7.05 Å². The molecule has 1 amide bonds. The number of hydrogen-bond donors (Lipinski definition) is 2. The van der Waals surface area contributed by atoms with Crippen molar-refractivity contribution in [1.29, 1.82) is 0 Å². The molecule has 8 heteroatoms. The number of ether oxygens (including phenoxy) is 1. The summed E-state index contributed by atoms with van der Waals surface area (Å²) < 4.78 is 6.88. The normalized spacial score (nSPS) is 11.1. The third kappa shape index (κ3) is 3.49. The Labute approximate surface area is 166 Å². The number of carbonyl (C=O) groups excluding carboxylic acids is 1. The quantitative estimate of drug-likeness (QED) is 0.534. The molecule has 0 bridgehead atoms. The van der Waals surface area contributed by atoms with Crippen molar-refractivity contribution < 1.29 is 9.53 Å². The molecule has 0 aliphatic carbocycles. The first-order valence-electron chi connectivity index (χ1n) is 8.62. The van der Waals surface area contributed by atoms with Gasteiger partial charge in [-0.15, -0.1) is 0 Å². The summed E-state index contributed by atoms with van der Waals surface area (Å²) in [5.74, 6) is 1.05. The molecule has 0 aliphatic rings. The van der Waals surface area contributed by atoms with E-state index < -0.39 is 0 Å². The summed E-state index contributed by atoms with van der Waals surface area (Å²) in [7, 11) is 3.46. The van der Waals surface area contributed by atoms with Gasteiger partial charge >= 0.3 is 0 Å². The highest BCUT2D eigenvalue weighted by atomic mass is 35.5. The number of H-pyrrole nitrogens is 1. The highest BCUT2D eigenvalue weighted by Gasteiger charge is 2.14. The lowest BCUT2D eigenvalue weighted by atomic mass is 10.2. The number of carbonyl (C=O) groups is 1. The molecule has 0 saturated heterocycles. The summed E-state index contributed by atoms with van der Waals surface area (Å²) in [5.41, 5.74) is 3.03. The Morgan fingerprint density at radius 3 is 2.75 bits per heavy atom. The molecule has 7 nitrogen and oxygen atoms in total. The maximum absolute atomic E-state index is 12.7. The van der Waals surface area contributed by atoms with E-state index in [1.807, 2.05) is 60.1 Å². The molecular weight excluding hydrogens is 378 g/mol. The van der Waals surface area contributed by atoms with Gasteiger partial charge in [-0.2, -0.15) is 5.10 Å². The predicted octanol–water partition coefficient (Wildman–Crippen LogP) is 4.02. The Morgan fingerprint density at radius 2 is 2.00 bits per heavy atom. The molecule has 0 spiro atoms. The van der Waals surface area contributed by atoms with Crippen molar-refractivity contribution in [3.63, 3.8) is 0 Å². The summed E-state index contributed by atoms with van der Waals surface area (Å²) >= 11 is 6.04. The van der Waals surface area contributed by atoms with Crippen molar-refractivity contribution in [1.82, 2.24) is 19.7 Å². The van der Waals surface area contributed by atoms with Crippen LogP contribution in [0.2, 0.25) is 5.02 Å². The van der Waals surface area contributed by atoms with E-state index in [0.29, 0.717) is 34.7 Å². The van der Waals surface area contributed by atoms with Gasteiger partial charge < -0.3 is 14.6 Å². The Kier molecular flexibility index (Phi) is 4.85. The predicted molar refractivity (Wildman–Crippen MR) is 108 cm³/mol. The lowest BCUT2D eigenvalue weighted by Crippen LogP contribution is -2.15. The summed E-state index contributed by atoms with van der Waals surface area (Å²) in [6, 6.07) is 14.7. The number of nitrogens with zero attached hydrogens (tertiary/aromatic N) is 3. The van der Waals surface area contributed by atoms with Crippen molar-refractivity contribution >= 4 is 34.1 Å². The van der Waals surface area contributed by atoms with Crippen LogP contribution in [0.15, 0.2) is 48.5 Å². The van der Waals surface area contributed by atoms with E-state index >= 15 is 0 Å². The third-order valence-corrected chi connectivity index (χ3v) is 4.69. The molecule has 0 fully saturated rings. The first-order chi connectivity index (χ1) is 13.5. The van der Waals surface area contributed by atoms with Gasteiger partial charge in [-0.25, -0.2) is 4.98 Å². The van der Waals surface area contributed by atoms with Crippen LogP contribution in [0.3, 0.4) is 0 Å². The van der Waals surface area contributed by atoms with Crippen LogP contribution in [0.5, 0.6) is 0 Å². The van der Waals surface area contributed by atoms with Gasteiger partial charge in [-0.3, -0.25) is 9.89 Å². The number of aromatic nitrogens is 4. The summed E-state index contributed by atoms with van der Waals surface area (Å²) in [5, 5.41) is 11.5. The van der Waals surface area contributed by atoms with E-state index in [1.54, 1.807) is 7.11 Å². The average Bonchev–Trinajstić information content (AvgIpc) is 3.27. The number of hydrogen-bond acceptors (Lipinski definition) is 4. The Morgan fingerprint density at radius 1 is 1.21 bits per heavy atom. The summed E-state index contributed by atoms with van der Waals surface area (Å²) in [4.78, 5) is 17.1. The lowest BCUT2D eigenvalue weighted by molar-refractivity contribution is 0.102. The Bertz CT molecular complexity index is 1150. The molecule has 0 atom stereocenters. The van der Waals surface area contributed by atoms with Crippen LogP contribution >= 0.6 is 11.6 Å². The van der Waals surface area contributed by atoms with Crippen LogP contribution in [-0.2, 0) is 18.4 Å². The minimum Gasteiger partial charge on any atom is -0.377 e. The van der Waals surface area contributed by atoms with Crippen LogP contribution in [0.25, 0.3) is 22.3 Å². The zero-order chi connectivity index (χ0) is 19.7. The average molecular weight is 396 g/mol. The van der Waals surface area contributed by atoms with Crippen molar-refractivity contribution in [3.05, 3.63) is 65.1 Å². The molecule has 2 aromatic carbocycles. The van der Waals surface area contributed by atoms with Crippen molar-refractivity contribution in [3.8, 4) is 11.4 Å². The number of methoxy groups -OCH3 is 1. The van der Waals surface area contributed by atoms with Crippen LogP contribution in [0.4, 0.5) is 5.69 Å². The summed E-state index contributed by atoms with van der Waals surface area (Å²) in [6.45, 7) is 0.372. The SMILES string of the molecule is COCc1nc(-c2ccc(NC(=O)c3cc4cc(Cl)ccc4n3C)cc2)n[nH]1. The number of rotatable bonds is 5. The van der Waals surface area contributed by atoms with Gasteiger partial charge in [0.2, 0.25) is 0 Å². The van der Waals surface area contributed by atoms with Gasteiger partial charge in [0.15, 0.2) is 11.6 Å². The zero-order valence-electron chi connectivity index (χ0n) is 15.4. The van der Waals surface area contributed by atoms with Gasteiger partial charge in [0, 0.05) is 41.3 Å². The van der Waals surface area contributed by atoms with Gasteiger partial charge in [0.1, 0.15) is 12.3 Å². The number of anilines is 1. The number of amides is 1. The van der Waals surface area contributed by atoms with E-state index in [2.05, 4.69) is 20.5 Å². The van der Waals surface area contributed by atoms with Crippen LogP contribution in [0.1, 0.15) is 16.3 Å². The molecule has 28 heavy (non-hydrogen) atoms. The summed E-state index contributed by atoms with van der Waals surface area (Å²) in [6.07, 6.45) is 0. The van der Waals surface area contributed by atoms with Crippen LogP contribution in [0, 0.1) is 0 Å². The second kappa shape index (κ2) is 7.46. The fourth-order valence-electron chi connectivity index (χ4n) is 3.06. The van der Waals surface area contributed by atoms with Crippen molar-refractivity contribution in [2.45, 2.75) is 6.61 Å². The topological polar surface area (TPSA) is 84.8 Å². The number of fused-ring (bicyclic) bond motifs is 1. The van der Waals surface area contributed by atoms with E-state index in [0.717, 1.165) is 16.5 Å². The molecule has 0 saturated carbocycles. The highest BCUT2D eigenvalue weighted by Crippen LogP contribution is 2.24. The molecule has 2 heterocycles. The standard InChI is InChI=1S/C20H18ClN5O2/c1-26-16-8-5-14(21)9-13(16)10-17(26)20(27)22-15-6-3-12(4-7-15)19-23-18(11-28-2)24-25-19/h3-10H,11H2,1-2H3,(H,22,27)(H,23,24,25). The van der Waals surface area contributed by atoms with Gasteiger partial charge in [-0.05, 0) is 48.5 Å². The highest BCUT2D eigenvalue weighted by molar-refractivity contribution is 6.31. The van der Waals surface area contributed by atoms with Crippen LogP contribution in [-0.4, -0.2) is 32.8 Å². The minimum atomic E-state index is -0.192. The second-order valence-electron chi connectivity index (χ2n) is 6.36. The molecule has 2 aromatic heterocycles. The molecule has 4 rings (SSSR count). The fraction of sp³-hybridized carbons (Fsp3) is 0.150. The third-order valence-electron chi connectivity index (χ3n) is 4.45. The maximum atomic E-state index is 12.7. The molecule has 0 aliphatic heterocycles. The largest absolute Gasteiger partial charge is 0.377 e. The monoisotopic (exact) mass is 395 g/mol. The lowest BCUT2D eigenvalue weighted by Gasteiger charge is -2.07. The van der Waals surface area contributed by atoms with Gasteiger partial charge in [-0.1, -0.05) is 11.6 Å². The molecule has 0 radical (unpaired) electrons. The van der Waals surface area contributed by atoms with E-state index in [9.17, 15) is 4.79 Å². The zero-order valence-corrected chi connectivity index (χ0v) is 16.1. The van der Waals surface area contributed by atoms with Gasteiger partial charge in [0.05, 0.1) is 0 Å².